The summed E-state index contributed by atoms with van der Waals surface area (Å²) in [7, 11) is 2.05. The van der Waals surface area contributed by atoms with Crippen molar-refractivity contribution in [1.29, 1.82) is 0 Å². The fourth-order valence-electron chi connectivity index (χ4n) is 1.77. The van der Waals surface area contributed by atoms with E-state index >= 15 is 0 Å². The minimum absolute atomic E-state index is 0.164. The Hall–Kier alpha value is -1.46. The summed E-state index contributed by atoms with van der Waals surface area (Å²) < 4.78 is 0. The van der Waals surface area contributed by atoms with Crippen molar-refractivity contribution in [2.45, 2.75) is 12.6 Å². The molecule has 2 rings (SSSR count). The minimum Gasteiger partial charge on any atom is -0.314 e. The molecule has 1 N–H and O–H groups in total. The Bertz CT molecular complexity index is 391. The van der Waals surface area contributed by atoms with E-state index in [-0.39, 0.29) is 10.6 Å². The van der Waals surface area contributed by atoms with Crippen LogP contribution in [0.15, 0.2) is 24.3 Å². The second-order valence-electron chi connectivity index (χ2n) is 4.15. The average Bonchev–Trinajstić information content (AvgIpc) is 2.15. The van der Waals surface area contributed by atoms with Gasteiger partial charge in [-0.15, -0.1) is 0 Å². The van der Waals surface area contributed by atoms with Crippen LogP contribution in [0.3, 0.4) is 0 Å². The van der Waals surface area contributed by atoms with Gasteiger partial charge in [-0.25, -0.2) is 0 Å². The molecule has 1 aliphatic heterocycles. The smallest absolute Gasteiger partial charge is 0.269 e. The molecule has 0 amide bonds. The summed E-state index contributed by atoms with van der Waals surface area (Å²) in [6.45, 7) is 2.77. The maximum atomic E-state index is 10.6. The summed E-state index contributed by atoms with van der Waals surface area (Å²) in [5.74, 6) is 0. The van der Waals surface area contributed by atoms with E-state index in [9.17, 15) is 10.1 Å². The summed E-state index contributed by atoms with van der Waals surface area (Å²) in [6.07, 6.45) is 0. The second kappa shape index (κ2) is 4.59. The van der Waals surface area contributed by atoms with Crippen molar-refractivity contribution in [1.82, 2.24) is 10.2 Å². The van der Waals surface area contributed by atoms with Crippen LogP contribution in [0.25, 0.3) is 0 Å². The highest BCUT2D eigenvalue weighted by Gasteiger charge is 2.21. The first kappa shape index (κ1) is 11.0. The second-order valence-corrected chi connectivity index (χ2v) is 4.15. The quantitative estimate of drug-likeness (QED) is 0.608. The van der Waals surface area contributed by atoms with E-state index in [2.05, 4.69) is 10.2 Å². The Kier molecular flexibility index (Phi) is 3.17. The van der Waals surface area contributed by atoms with Crippen molar-refractivity contribution in [3.8, 4) is 0 Å². The molecule has 0 radical (unpaired) electrons. The molecule has 1 aliphatic rings. The third-order valence-corrected chi connectivity index (χ3v) is 2.94. The standard InChI is InChI=1S/C11H15N3O2/c1-13(11-6-12-7-11)8-9-3-2-4-10(5-9)14(15)16/h2-5,11-12H,6-8H2,1H3. The molecule has 1 heterocycles. The highest BCUT2D eigenvalue weighted by Crippen LogP contribution is 2.15. The fourth-order valence-corrected chi connectivity index (χ4v) is 1.77. The van der Waals surface area contributed by atoms with Crippen LogP contribution >= 0.6 is 0 Å². The van der Waals surface area contributed by atoms with Gasteiger partial charge in [-0.1, -0.05) is 12.1 Å². The summed E-state index contributed by atoms with van der Waals surface area (Å²) in [5.41, 5.74) is 1.15. The van der Waals surface area contributed by atoms with Crippen LogP contribution in [-0.2, 0) is 6.54 Å². The van der Waals surface area contributed by atoms with Gasteiger partial charge in [0.05, 0.1) is 4.92 Å². The molecular formula is C11H15N3O2. The van der Waals surface area contributed by atoms with Gasteiger partial charge in [0.2, 0.25) is 0 Å². The predicted molar refractivity (Wildman–Crippen MR) is 61.2 cm³/mol. The Labute approximate surface area is 94.2 Å². The molecule has 1 saturated heterocycles. The van der Waals surface area contributed by atoms with Crippen LogP contribution < -0.4 is 5.32 Å². The molecule has 16 heavy (non-hydrogen) atoms. The minimum atomic E-state index is -0.353. The summed E-state index contributed by atoms with van der Waals surface area (Å²) in [6, 6.07) is 7.38. The lowest BCUT2D eigenvalue weighted by Crippen LogP contribution is -2.55. The average molecular weight is 221 g/mol. The van der Waals surface area contributed by atoms with Gasteiger partial charge in [-0.2, -0.15) is 0 Å². The molecule has 5 nitrogen and oxygen atoms in total. The van der Waals surface area contributed by atoms with Gasteiger partial charge < -0.3 is 5.32 Å². The SMILES string of the molecule is CN(Cc1cccc([N+](=O)[O-])c1)C1CNC1. The lowest BCUT2D eigenvalue weighted by atomic mass is 10.1. The van der Waals surface area contributed by atoms with Crippen LogP contribution in [-0.4, -0.2) is 36.0 Å². The highest BCUT2D eigenvalue weighted by molar-refractivity contribution is 5.34. The van der Waals surface area contributed by atoms with E-state index in [0.717, 1.165) is 25.2 Å². The molecule has 0 aliphatic carbocycles. The monoisotopic (exact) mass is 221 g/mol. The van der Waals surface area contributed by atoms with Crippen molar-refractivity contribution in [2.75, 3.05) is 20.1 Å². The molecule has 0 saturated carbocycles. The number of non-ortho nitro benzene ring substituents is 1. The van der Waals surface area contributed by atoms with Crippen molar-refractivity contribution in [2.24, 2.45) is 0 Å². The molecule has 1 fully saturated rings. The predicted octanol–water partition coefficient (Wildman–Crippen LogP) is 0.998. The molecule has 1 aromatic rings. The lowest BCUT2D eigenvalue weighted by Gasteiger charge is -2.35. The molecule has 0 unspecified atom stereocenters. The number of nitrogens with one attached hydrogen (secondary N) is 1. The third-order valence-electron chi connectivity index (χ3n) is 2.94. The number of nitrogens with zero attached hydrogens (tertiary/aromatic N) is 2. The first-order chi connectivity index (χ1) is 7.66. The van der Waals surface area contributed by atoms with E-state index in [1.165, 1.54) is 6.07 Å². The summed E-state index contributed by atoms with van der Waals surface area (Å²) in [4.78, 5) is 12.5. The molecule has 86 valence electrons. The van der Waals surface area contributed by atoms with E-state index < -0.39 is 0 Å². The van der Waals surface area contributed by atoms with Crippen molar-refractivity contribution in [3.05, 3.63) is 39.9 Å². The topological polar surface area (TPSA) is 58.4 Å². The molecule has 0 bridgehead atoms. The molecule has 0 spiro atoms. The first-order valence-corrected chi connectivity index (χ1v) is 5.31. The zero-order chi connectivity index (χ0) is 11.5. The van der Waals surface area contributed by atoms with Gasteiger partial charge in [0.15, 0.2) is 0 Å². The molecular weight excluding hydrogens is 206 g/mol. The number of likely N-dealkylation sites (N-methyl/N-ethyl adjacent to an activating group) is 1. The molecule has 0 aromatic heterocycles. The summed E-state index contributed by atoms with van der Waals surface area (Å²) >= 11 is 0. The largest absolute Gasteiger partial charge is 0.314 e. The van der Waals surface area contributed by atoms with Gasteiger partial charge in [0.1, 0.15) is 0 Å². The number of hydrogen-bond acceptors (Lipinski definition) is 4. The highest BCUT2D eigenvalue weighted by atomic mass is 16.6. The van der Waals surface area contributed by atoms with Crippen LogP contribution in [0.2, 0.25) is 0 Å². The zero-order valence-electron chi connectivity index (χ0n) is 9.22. The molecule has 1 aromatic carbocycles. The number of nitro benzene ring substituents is 1. The van der Waals surface area contributed by atoms with E-state index in [1.54, 1.807) is 12.1 Å². The zero-order valence-corrected chi connectivity index (χ0v) is 9.22. The number of hydrogen-bond donors (Lipinski definition) is 1. The molecule has 5 heteroatoms. The van der Waals surface area contributed by atoms with Crippen molar-refractivity contribution in [3.63, 3.8) is 0 Å². The third kappa shape index (κ3) is 2.37. The van der Waals surface area contributed by atoms with Crippen molar-refractivity contribution < 1.29 is 4.92 Å². The van der Waals surface area contributed by atoms with Crippen LogP contribution in [0, 0.1) is 10.1 Å². The number of benzene rings is 1. The normalized spacial score (nSPS) is 16.1. The van der Waals surface area contributed by atoms with E-state index in [0.29, 0.717) is 6.04 Å². The van der Waals surface area contributed by atoms with Gasteiger partial charge >= 0.3 is 0 Å². The first-order valence-electron chi connectivity index (χ1n) is 5.31. The lowest BCUT2D eigenvalue weighted by molar-refractivity contribution is -0.384. The Balaban J connectivity index is 2.02. The number of nitro groups is 1. The Morgan fingerprint density at radius 3 is 2.88 bits per heavy atom. The van der Waals surface area contributed by atoms with Crippen LogP contribution in [0.1, 0.15) is 5.56 Å². The van der Waals surface area contributed by atoms with Gasteiger partial charge in [-0.05, 0) is 12.6 Å². The Morgan fingerprint density at radius 2 is 2.31 bits per heavy atom. The maximum Gasteiger partial charge on any atom is 0.269 e. The summed E-state index contributed by atoms with van der Waals surface area (Å²) in [5, 5.41) is 13.8. The van der Waals surface area contributed by atoms with E-state index in [4.69, 9.17) is 0 Å². The van der Waals surface area contributed by atoms with Crippen LogP contribution in [0.4, 0.5) is 5.69 Å². The van der Waals surface area contributed by atoms with Gasteiger partial charge in [0.25, 0.3) is 5.69 Å². The van der Waals surface area contributed by atoms with Crippen LogP contribution in [0.5, 0.6) is 0 Å². The number of rotatable bonds is 4. The van der Waals surface area contributed by atoms with E-state index in [1.807, 2.05) is 13.1 Å². The Morgan fingerprint density at radius 1 is 1.56 bits per heavy atom. The van der Waals surface area contributed by atoms with Crippen molar-refractivity contribution >= 4 is 5.69 Å². The van der Waals surface area contributed by atoms with Gasteiger partial charge in [-0.3, -0.25) is 15.0 Å². The maximum absolute atomic E-state index is 10.6. The van der Waals surface area contributed by atoms with Gasteiger partial charge in [0, 0.05) is 37.8 Å². The molecule has 0 atom stereocenters. The fraction of sp³-hybridized carbons (Fsp3) is 0.455.